The Hall–Kier alpha value is -0.980. The molecule has 0 aromatic rings. The van der Waals surface area contributed by atoms with E-state index in [1.165, 1.54) is 13.8 Å². The van der Waals surface area contributed by atoms with Gasteiger partial charge in [-0.1, -0.05) is 41.5 Å². The summed E-state index contributed by atoms with van der Waals surface area (Å²) in [5.74, 6) is -0.793. The van der Waals surface area contributed by atoms with E-state index in [2.05, 4.69) is 0 Å². The maximum Gasteiger partial charge on any atom is 0.239 e. The Bertz CT molecular complexity index is 283. The second kappa shape index (κ2) is 14.0. The van der Waals surface area contributed by atoms with Gasteiger partial charge in [-0.2, -0.15) is 0 Å². The molecule has 0 spiro atoms. The minimum absolute atomic E-state index is 0.0498. The summed E-state index contributed by atoms with van der Waals surface area (Å²) >= 11 is 0. The van der Waals surface area contributed by atoms with Gasteiger partial charge in [-0.25, -0.2) is 0 Å². The van der Waals surface area contributed by atoms with Crippen LogP contribution in [0, 0.1) is 0 Å². The van der Waals surface area contributed by atoms with Gasteiger partial charge in [-0.3, -0.25) is 9.59 Å². The molecule has 1 saturated heterocycles. The van der Waals surface area contributed by atoms with Crippen LogP contribution in [0.4, 0.5) is 0 Å². The zero-order valence-corrected chi connectivity index (χ0v) is 14.8. The number of carbonyl (C=O) groups excluding carboxylic acids is 2. The molecule has 4 atom stereocenters. The molecular weight excluding hydrogens is 272 g/mol. The molecule has 0 aliphatic carbocycles. The highest BCUT2D eigenvalue weighted by molar-refractivity contribution is 5.90. The van der Waals surface area contributed by atoms with Crippen LogP contribution in [-0.4, -0.2) is 57.6 Å². The summed E-state index contributed by atoms with van der Waals surface area (Å²) in [6, 6.07) is -1.72. The second-order valence-electron chi connectivity index (χ2n) is 3.89. The van der Waals surface area contributed by atoms with Gasteiger partial charge in [-0.05, 0) is 13.8 Å². The van der Waals surface area contributed by atoms with E-state index in [-0.39, 0.29) is 12.3 Å². The molecule has 0 bridgehead atoms. The lowest BCUT2D eigenvalue weighted by molar-refractivity contribution is -0.139. The summed E-state index contributed by atoms with van der Waals surface area (Å²) in [6.07, 6.45) is -2.30. The van der Waals surface area contributed by atoms with E-state index in [4.69, 9.17) is 5.73 Å². The first-order valence-electron chi connectivity index (χ1n) is 7.79. The van der Waals surface area contributed by atoms with Gasteiger partial charge in [0.25, 0.3) is 0 Å². The predicted octanol–water partition coefficient (Wildman–Crippen LogP) is 0.934. The normalized spacial score (nSPS) is 24.3. The monoisotopic (exact) mass is 306 g/mol. The van der Waals surface area contributed by atoms with Gasteiger partial charge >= 0.3 is 0 Å². The van der Waals surface area contributed by atoms with Gasteiger partial charge in [0.05, 0.1) is 18.7 Å². The summed E-state index contributed by atoms with van der Waals surface area (Å²) in [5, 5.41) is 18.9. The van der Waals surface area contributed by atoms with Crippen molar-refractivity contribution >= 4 is 11.7 Å². The molecule has 0 radical (unpaired) electrons. The van der Waals surface area contributed by atoms with Crippen LogP contribution in [0.2, 0.25) is 0 Å². The molecule has 6 heteroatoms. The molecule has 1 aliphatic rings. The van der Waals surface area contributed by atoms with E-state index in [1.807, 2.05) is 41.5 Å². The van der Waals surface area contributed by atoms with Crippen molar-refractivity contribution < 1.29 is 19.8 Å². The van der Waals surface area contributed by atoms with Gasteiger partial charge in [0.15, 0.2) is 5.78 Å². The largest absolute Gasteiger partial charge is 0.388 e. The average Bonchev–Trinajstić information content (AvgIpc) is 2.80. The maximum absolute atomic E-state index is 11.6. The average molecular weight is 306 g/mol. The Kier molecular flexibility index (Phi) is 16.6. The molecule has 1 amide bonds. The quantitative estimate of drug-likeness (QED) is 0.704. The first kappa shape index (κ1) is 25.0. The lowest BCUT2D eigenvalue weighted by Crippen LogP contribution is -2.49. The van der Waals surface area contributed by atoms with E-state index in [9.17, 15) is 19.8 Å². The van der Waals surface area contributed by atoms with Gasteiger partial charge < -0.3 is 20.8 Å². The predicted molar refractivity (Wildman–Crippen MR) is 85.9 cm³/mol. The number of nitrogens with two attached hydrogens (primary N) is 1. The number of likely N-dealkylation sites (tertiary alicyclic amines) is 1. The summed E-state index contributed by atoms with van der Waals surface area (Å²) < 4.78 is 0. The molecule has 1 fully saturated rings. The van der Waals surface area contributed by atoms with Crippen LogP contribution in [0.3, 0.4) is 0 Å². The van der Waals surface area contributed by atoms with E-state index in [0.29, 0.717) is 0 Å². The lowest BCUT2D eigenvalue weighted by Gasteiger charge is -2.25. The van der Waals surface area contributed by atoms with Crippen molar-refractivity contribution in [1.82, 2.24) is 4.90 Å². The molecule has 0 aromatic heterocycles. The fourth-order valence-corrected chi connectivity index (χ4v) is 1.77. The highest BCUT2D eigenvalue weighted by Gasteiger charge is 2.45. The van der Waals surface area contributed by atoms with Crippen molar-refractivity contribution in [3.63, 3.8) is 0 Å². The molecule has 0 aromatic carbocycles. The number of aliphatic hydroxyl groups excluding tert-OH is 2. The van der Waals surface area contributed by atoms with Crippen LogP contribution in [-0.2, 0) is 9.59 Å². The zero-order valence-electron chi connectivity index (χ0n) is 14.8. The number of aliphatic hydroxyl groups is 2. The van der Waals surface area contributed by atoms with Crippen LogP contribution < -0.4 is 5.73 Å². The van der Waals surface area contributed by atoms with Crippen molar-refractivity contribution in [2.45, 2.75) is 79.7 Å². The molecule has 4 N–H and O–H groups in total. The Morgan fingerprint density at radius 1 is 1.10 bits per heavy atom. The smallest absolute Gasteiger partial charge is 0.239 e. The molecule has 1 heterocycles. The highest BCUT2D eigenvalue weighted by atomic mass is 16.3. The van der Waals surface area contributed by atoms with Crippen LogP contribution in [0.15, 0.2) is 0 Å². The molecule has 0 saturated carbocycles. The Morgan fingerprint density at radius 2 is 1.48 bits per heavy atom. The van der Waals surface area contributed by atoms with Gasteiger partial charge in [0.1, 0.15) is 12.1 Å². The molecule has 21 heavy (non-hydrogen) atoms. The summed E-state index contributed by atoms with van der Waals surface area (Å²) in [7, 11) is 0. The number of nitrogens with zero attached hydrogens (tertiary/aromatic N) is 1. The van der Waals surface area contributed by atoms with E-state index in [0.717, 1.165) is 4.90 Å². The lowest BCUT2D eigenvalue weighted by atomic mass is 10.1. The van der Waals surface area contributed by atoms with Crippen LogP contribution >= 0.6 is 0 Å². The summed E-state index contributed by atoms with van der Waals surface area (Å²) in [6.45, 7) is 14.7. The zero-order chi connectivity index (χ0) is 17.7. The fraction of sp³-hybridized carbons (Fsp3) is 0.867. The minimum Gasteiger partial charge on any atom is -0.388 e. The van der Waals surface area contributed by atoms with Crippen molar-refractivity contribution in [2.24, 2.45) is 5.73 Å². The first-order valence-corrected chi connectivity index (χ1v) is 7.79. The number of Topliss-reactive ketones (excluding diaryl/α,β-unsaturated/α-hetero) is 1. The van der Waals surface area contributed by atoms with Gasteiger partial charge in [0, 0.05) is 0 Å². The van der Waals surface area contributed by atoms with Crippen molar-refractivity contribution in [1.29, 1.82) is 0 Å². The molecular formula is C15H34N2O4. The Labute approximate surface area is 129 Å². The number of hydrogen-bond donors (Lipinski definition) is 3. The van der Waals surface area contributed by atoms with Crippen molar-refractivity contribution in [3.8, 4) is 0 Å². The van der Waals surface area contributed by atoms with E-state index in [1.54, 1.807) is 0 Å². The molecule has 128 valence electrons. The van der Waals surface area contributed by atoms with Crippen molar-refractivity contribution in [2.75, 3.05) is 6.54 Å². The van der Waals surface area contributed by atoms with Crippen molar-refractivity contribution in [3.05, 3.63) is 0 Å². The minimum atomic E-state index is -1.22. The SMILES string of the molecule is CC.CC.CC.CC(=O)C1C(O)C(O)CN1C(=O)C(C)N. The van der Waals surface area contributed by atoms with Crippen LogP contribution in [0.25, 0.3) is 0 Å². The van der Waals surface area contributed by atoms with Gasteiger partial charge in [-0.15, -0.1) is 0 Å². The number of amides is 1. The number of ketones is 1. The fourth-order valence-electron chi connectivity index (χ4n) is 1.77. The third kappa shape index (κ3) is 7.55. The topological polar surface area (TPSA) is 104 Å². The highest BCUT2D eigenvalue weighted by Crippen LogP contribution is 2.20. The molecule has 6 nitrogen and oxygen atoms in total. The molecule has 1 aliphatic heterocycles. The molecule has 4 unspecified atom stereocenters. The van der Waals surface area contributed by atoms with Crippen LogP contribution in [0.1, 0.15) is 55.4 Å². The number of hydrogen-bond acceptors (Lipinski definition) is 5. The second-order valence-corrected chi connectivity index (χ2v) is 3.89. The standard InChI is InChI=1S/C9H16N2O4.3C2H6/c1-4(10)9(15)11-3-6(13)8(14)7(11)5(2)12;3*1-2/h4,6-8,13-14H,3,10H2,1-2H3;3*1-2H3. The number of carbonyl (C=O) groups is 2. The third-order valence-corrected chi connectivity index (χ3v) is 2.53. The third-order valence-electron chi connectivity index (χ3n) is 2.53. The van der Waals surface area contributed by atoms with Crippen LogP contribution in [0.5, 0.6) is 0 Å². The van der Waals surface area contributed by atoms with E-state index >= 15 is 0 Å². The Morgan fingerprint density at radius 3 is 1.76 bits per heavy atom. The number of β-amino-alcohol motifs (C(OH)–C–C–N with tert-alkyl or cyclic N) is 1. The van der Waals surface area contributed by atoms with E-state index < -0.39 is 30.2 Å². The first-order chi connectivity index (χ1) is 9.86. The number of rotatable bonds is 2. The summed E-state index contributed by atoms with van der Waals surface area (Å²) in [4.78, 5) is 24.0. The summed E-state index contributed by atoms with van der Waals surface area (Å²) in [5.41, 5.74) is 5.40. The maximum atomic E-state index is 11.6. The Balaban J connectivity index is -0.000000478. The van der Waals surface area contributed by atoms with Gasteiger partial charge in [0.2, 0.25) is 5.91 Å². The molecule has 1 rings (SSSR count).